The Labute approximate surface area is 122 Å². The SMILES string of the molecule is CCC(N)(CO)CCCN1CCCc2ccccc2C1. The van der Waals surface area contributed by atoms with E-state index in [9.17, 15) is 5.11 Å². The van der Waals surface area contributed by atoms with Crippen molar-refractivity contribution in [2.75, 3.05) is 19.7 Å². The molecule has 2 rings (SSSR count). The fourth-order valence-electron chi connectivity index (χ4n) is 2.98. The molecule has 0 aliphatic carbocycles. The van der Waals surface area contributed by atoms with Crippen molar-refractivity contribution >= 4 is 0 Å². The maximum Gasteiger partial charge on any atom is 0.0611 e. The second kappa shape index (κ2) is 7.21. The maximum atomic E-state index is 9.36. The van der Waals surface area contributed by atoms with Crippen LogP contribution in [0, 0.1) is 0 Å². The first-order chi connectivity index (χ1) is 9.67. The number of rotatable bonds is 6. The molecule has 0 aromatic heterocycles. The van der Waals surface area contributed by atoms with Gasteiger partial charge < -0.3 is 10.8 Å². The molecule has 1 heterocycles. The van der Waals surface area contributed by atoms with E-state index in [1.807, 2.05) is 0 Å². The molecule has 0 saturated heterocycles. The average molecular weight is 276 g/mol. The first kappa shape index (κ1) is 15.5. The number of nitrogens with zero attached hydrogens (tertiary/aromatic N) is 1. The summed E-state index contributed by atoms with van der Waals surface area (Å²) in [5, 5.41) is 9.36. The molecule has 0 saturated carbocycles. The molecule has 1 aromatic rings. The topological polar surface area (TPSA) is 49.5 Å². The summed E-state index contributed by atoms with van der Waals surface area (Å²) >= 11 is 0. The number of aryl methyl sites for hydroxylation is 1. The normalized spacial score (nSPS) is 19.1. The quantitative estimate of drug-likeness (QED) is 0.838. The molecule has 0 radical (unpaired) electrons. The van der Waals surface area contributed by atoms with Crippen molar-refractivity contribution < 1.29 is 5.11 Å². The van der Waals surface area contributed by atoms with E-state index in [2.05, 4.69) is 36.1 Å². The van der Waals surface area contributed by atoms with E-state index in [1.54, 1.807) is 0 Å². The first-order valence-corrected chi connectivity index (χ1v) is 7.86. The predicted octanol–water partition coefficient (Wildman–Crippen LogP) is 2.31. The van der Waals surface area contributed by atoms with Crippen molar-refractivity contribution in [3.05, 3.63) is 35.4 Å². The van der Waals surface area contributed by atoms with Gasteiger partial charge in [0.2, 0.25) is 0 Å². The molecule has 1 aliphatic rings. The summed E-state index contributed by atoms with van der Waals surface area (Å²) in [4.78, 5) is 2.53. The fraction of sp³-hybridized carbons (Fsp3) is 0.647. The standard InChI is InChI=1S/C17H28N2O/c1-2-17(18,14-20)10-6-12-19-11-5-9-15-7-3-4-8-16(15)13-19/h3-4,7-8,20H,2,5-6,9-14,18H2,1H3. The molecular formula is C17H28N2O. The minimum Gasteiger partial charge on any atom is -0.394 e. The molecule has 20 heavy (non-hydrogen) atoms. The summed E-state index contributed by atoms with van der Waals surface area (Å²) in [6.07, 6.45) is 5.23. The molecular weight excluding hydrogens is 248 g/mol. The zero-order valence-corrected chi connectivity index (χ0v) is 12.6. The zero-order chi connectivity index (χ0) is 14.4. The Balaban J connectivity index is 1.85. The second-order valence-corrected chi connectivity index (χ2v) is 6.13. The fourth-order valence-corrected chi connectivity index (χ4v) is 2.98. The Morgan fingerprint density at radius 2 is 2.05 bits per heavy atom. The van der Waals surface area contributed by atoms with Crippen molar-refractivity contribution in [3.8, 4) is 0 Å². The lowest BCUT2D eigenvalue weighted by atomic mass is 9.92. The summed E-state index contributed by atoms with van der Waals surface area (Å²) in [7, 11) is 0. The second-order valence-electron chi connectivity index (χ2n) is 6.13. The lowest BCUT2D eigenvalue weighted by molar-refractivity contribution is 0.170. The van der Waals surface area contributed by atoms with Gasteiger partial charge >= 0.3 is 0 Å². The summed E-state index contributed by atoms with van der Waals surface area (Å²) in [5.74, 6) is 0. The molecule has 1 unspecified atom stereocenters. The van der Waals surface area contributed by atoms with Gasteiger partial charge in [-0.3, -0.25) is 4.90 Å². The molecule has 112 valence electrons. The minimum atomic E-state index is -0.385. The van der Waals surface area contributed by atoms with Crippen molar-refractivity contribution in [1.82, 2.24) is 4.90 Å². The Hall–Kier alpha value is -0.900. The molecule has 1 aromatic carbocycles. The van der Waals surface area contributed by atoms with Gasteiger partial charge in [0.15, 0.2) is 0 Å². The number of fused-ring (bicyclic) bond motifs is 1. The van der Waals surface area contributed by atoms with Gasteiger partial charge in [-0.1, -0.05) is 31.2 Å². The number of aliphatic hydroxyl groups is 1. The van der Waals surface area contributed by atoms with E-state index in [0.29, 0.717) is 0 Å². The molecule has 3 nitrogen and oxygen atoms in total. The molecule has 3 heteroatoms. The van der Waals surface area contributed by atoms with Gasteiger partial charge in [-0.25, -0.2) is 0 Å². The van der Waals surface area contributed by atoms with Crippen molar-refractivity contribution in [2.24, 2.45) is 5.73 Å². The largest absolute Gasteiger partial charge is 0.394 e. The highest BCUT2D eigenvalue weighted by atomic mass is 16.3. The Morgan fingerprint density at radius 1 is 1.30 bits per heavy atom. The summed E-state index contributed by atoms with van der Waals surface area (Å²) in [6, 6.07) is 8.78. The van der Waals surface area contributed by atoms with Gasteiger partial charge in [0.1, 0.15) is 0 Å². The highest BCUT2D eigenvalue weighted by Gasteiger charge is 2.21. The van der Waals surface area contributed by atoms with Crippen molar-refractivity contribution in [1.29, 1.82) is 0 Å². The summed E-state index contributed by atoms with van der Waals surface area (Å²) in [5.41, 5.74) is 8.75. The van der Waals surface area contributed by atoms with Crippen molar-refractivity contribution in [2.45, 2.75) is 51.1 Å². The Morgan fingerprint density at radius 3 is 2.75 bits per heavy atom. The van der Waals surface area contributed by atoms with Gasteiger partial charge in [-0.05, 0) is 56.3 Å². The van der Waals surface area contributed by atoms with Crippen LogP contribution >= 0.6 is 0 Å². The molecule has 0 amide bonds. The van der Waals surface area contributed by atoms with Crippen LogP contribution in [0.25, 0.3) is 0 Å². The lowest BCUT2D eigenvalue weighted by Gasteiger charge is -2.27. The van der Waals surface area contributed by atoms with Crippen LogP contribution in [-0.2, 0) is 13.0 Å². The van der Waals surface area contributed by atoms with Crippen LogP contribution in [0.4, 0.5) is 0 Å². The van der Waals surface area contributed by atoms with Crippen LogP contribution in [0.3, 0.4) is 0 Å². The van der Waals surface area contributed by atoms with Gasteiger partial charge in [-0.15, -0.1) is 0 Å². The van der Waals surface area contributed by atoms with Gasteiger partial charge in [-0.2, -0.15) is 0 Å². The molecule has 0 bridgehead atoms. The molecule has 0 spiro atoms. The van der Waals surface area contributed by atoms with E-state index in [1.165, 1.54) is 24.0 Å². The molecule has 3 N–H and O–H groups in total. The third-order valence-electron chi connectivity index (χ3n) is 4.60. The van der Waals surface area contributed by atoms with Crippen LogP contribution in [-0.4, -0.2) is 35.2 Å². The van der Waals surface area contributed by atoms with E-state index in [0.717, 1.165) is 38.9 Å². The van der Waals surface area contributed by atoms with E-state index >= 15 is 0 Å². The monoisotopic (exact) mass is 276 g/mol. The third kappa shape index (κ3) is 4.05. The lowest BCUT2D eigenvalue weighted by Crippen LogP contribution is -2.43. The maximum absolute atomic E-state index is 9.36. The zero-order valence-electron chi connectivity index (χ0n) is 12.6. The summed E-state index contributed by atoms with van der Waals surface area (Å²) in [6.45, 7) is 5.44. The van der Waals surface area contributed by atoms with E-state index < -0.39 is 0 Å². The van der Waals surface area contributed by atoms with E-state index in [4.69, 9.17) is 5.73 Å². The number of nitrogens with two attached hydrogens (primary N) is 1. The first-order valence-electron chi connectivity index (χ1n) is 7.86. The number of hydrogen-bond donors (Lipinski definition) is 2. The number of hydrogen-bond acceptors (Lipinski definition) is 3. The van der Waals surface area contributed by atoms with Crippen LogP contribution < -0.4 is 5.73 Å². The Kier molecular flexibility index (Phi) is 5.58. The summed E-state index contributed by atoms with van der Waals surface area (Å²) < 4.78 is 0. The number of aliphatic hydroxyl groups excluding tert-OH is 1. The highest BCUT2D eigenvalue weighted by Crippen LogP contribution is 2.20. The van der Waals surface area contributed by atoms with E-state index in [-0.39, 0.29) is 12.1 Å². The van der Waals surface area contributed by atoms with Gasteiger partial charge in [0.05, 0.1) is 6.61 Å². The third-order valence-corrected chi connectivity index (χ3v) is 4.60. The molecule has 1 aliphatic heterocycles. The average Bonchev–Trinajstić information content (AvgIpc) is 2.68. The molecule has 1 atom stereocenters. The van der Waals surface area contributed by atoms with Crippen LogP contribution in [0.5, 0.6) is 0 Å². The van der Waals surface area contributed by atoms with Crippen LogP contribution in [0.2, 0.25) is 0 Å². The van der Waals surface area contributed by atoms with Crippen molar-refractivity contribution in [3.63, 3.8) is 0 Å². The smallest absolute Gasteiger partial charge is 0.0611 e. The van der Waals surface area contributed by atoms with Crippen LogP contribution in [0.1, 0.15) is 43.7 Å². The minimum absolute atomic E-state index is 0.0896. The molecule has 0 fully saturated rings. The van der Waals surface area contributed by atoms with Gasteiger partial charge in [0, 0.05) is 12.1 Å². The number of benzene rings is 1. The highest BCUT2D eigenvalue weighted by molar-refractivity contribution is 5.27. The van der Waals surface area contributed by atoms with Crippen LogP contribution in [0.15, 0.2) is 24.3 Å². The Bertz CT molecular complexity index is 415. The predicted molar refractivity (Wildman–Crippen MR) is 83.6 cm³/mol. The van der Waals surface area contributed by atoms with Gasteiger partial charge in [0.25, 0.3) is 0 Å².